The van der Waals surface area contributed by atoms with Crippen molar-refractivity contribution in [1.29, 1.82) is 5.26 Å². The van der Waals surface area contributed by atoms with Crippen LogP contribution in [-0.4, -0.2) is 27.7 Å². The first-order valence-electron chi connectivity index (χ1n) is 9.53. The number of ketones is 1. The Balaban J connectivity index is 1.83. The molecule has 32 heavy (non-hydrogen) atoms. The Hall–Kier alpha value is -3.51. The number of carbonyl (C=O) groups excluding carboxylic acids is 1. The first-order chi connectivity index (χ1) is 15.3. The van der Waals surface area contributed by atoms with Gasteiger partial charge in [0.25, 0.3) is 6.43 Å². The zero-order valence-corrected chi connectivity index (χ0v) is 18.5. The fourth-order valence-corrected chi connectivity index (χ4v) is 4.04. The summed E-state index contributed by atoms with van der Waals surface area (Å²) in [6.07, 6.45) is 3.56. The number of carbonyl (C=O) groups is 1. The third-order valence-electron chi connectivity index (χ3n) is 4.62. The molecule has 0 aliphatic rings. The van der Waals surface area contributed by atoms with Gasteiger partial charge in [0.2, 0.25) is 0 Å². The van der Waals surface area contributed by atoms with E-state index in [1.807, 2.05) is 12.1 Å². The SMILES string of the molecule is COc1ccc(/C=C/C(=O)c2cnn(C)c2)cc1CSc1nc(C(F)F)cc(C)c1C#N. The van der Waals surface area contributed by atoms with Crippen LogP contribution in [0.4, 0.5) is 8.78 Å². The van der Waals surface area contributed by atoms with Crippen molar-refractivity contribution < 1.29 is 18.3 Å². The van der Waals surface area contributed by atoms with E-state index in [1.165, 1.54) is 37.2 Å². The smallest absolute Gasteiger partial charge is 0.280 e. The van der Waals surface area contributed by atoms with E-state index < -0.39 is 6.43 Å². The number of allylic oxidation sites excluding steroid dienone is 1. The summed E-state index contributed by atoms with van der Waals surface area (Å²) < 4.78 is 33.3. The number of nitriles is 1. The Kier molecular flexibility index (Phi) is 7.38. The van der Waals surface area contributed by atoms with Crippen LogP contribution in [-0.2, 0) is 12.8 Å². The maximum Gasteiger partial charge on any atom is 0.280 e. The van der Waals surface area contributed by atoms with E-state index in [-0.39, 0.29) is 22.1 Å². The van der Waals surface area contributed by atoms with Crippen LogP contribution in [0.1, 0.15) is 44.7 Å². The van der Waals surface area contributed by atoms with E-state index in [9.17, 15) is 18.8 Å². The second-order valence-electron chi connectivity index (χ2n) is 6.92. The highest BCUT2D eigenvalue weighted by Crippen LogP contribution is 2.32. The van der Waals surface area contributed by atoms with Crippen LogP contribution in [0, 0.1) is 18.3 Å². The summed E-state index contributed by atoms with van der Waals surface area (Å²) in [5.41, 5.74) is 2.40. The maximum absolute atomic E-state index is 13.2. The van der Waals surface area contributed by atoms with Gasteiger partial charge in [0.05, 0.1) is 24.4 Å². The first kappa shape index (κ1) is 23.2. The Morgan fingerprint density at radius 1 is 1.38 bits per heavy atom. The minimum atomic E-state index is -2.72. The summed E-state index contributed by atoms with van der Waals surface area (Å²) in [6, 6.07) is 8.69. The van der Waals surface area contributed by atoms with Gasteiger partial charge >= 0.3 is 0 Å². The second kappa shape index (κ2) is 10.2. The fourth-order valence-electron chi connectivity index (χ4n) is 3.00. The lowest BCUT2D eigenvalue weighted by Crippen LogP contribution is -1.99. The van der Waals surface area contributed by atoms with Gasteiger partial charge in [0.15, 0.2) is 5.78 Å². The Morgan fingerprint density at radius 2 is 2.16 bits per heavy atom. The number of hydrogen-bond acceptors (Lipinski definition) is 6. The summed E-state index contributed by atoms with van der Waals surface area (Å²) in [7, 11) is 3.27. The van der Waals surface area contributed by atoms with Crippen LogP contribution in [0.25, 0.3) is 6.08 Å². The molecule has 0 amide bonds. The Bertz CT molecular complexity index is 1220. The monoisotopic (exact) mass is 454 g/mol. The van der Waals surface area contributed by atoms with Crippen molar-refractivity contribution >= 4 is 23.6 Å². The van der Waals surface area contributed by atoms with Gasteiger partial charge in [-0.3, -0.25) is 9.48 Å². The molecular formula is C23H20F2N4O2S. The van der Waals surface area contributed by atoms with E-state index in [1.54, 1.807) is 43.1 Å². The highest BCUT2D eigenvalue weighted by atomic mass is 32.2. The van der Waals surface area contributed by atoms with Crippen molar-refractivity contribution in [2.75, 3.05) is 7.11 Å². The molecule has 0 saturated carbocycles. The number of hydrogen-bond donors (Lipinski definition) is 0. The summed E-state index contributed by atoms with van der Waals surface area (Å²) in [5, 5.41) is 13.7. The number of benzene rings is 1. The Labute approximate surface area is 188 Å². The molecular weight excluding hydrogens is 434 g/mol. The highest BCUT2D eigenvalue weighted by Gasteiger charge is 2.17. The summed E-state index contributed by atoms with van der Waals surface area (Å²) in [6.45, 7) is 1.61. The van der Waals surface area contributed by atoms with Crippen LogP contribution in [0.3, 0.4) is 0 Å². The molecule has 2 aromatic heterocycles. The molecule has 0 radical (unpaired) electrons. The van der Waals surface area contributed by atoms with Crippen molar-refractivity contribution in [2.24, 2.45) is 7.05 Å². The molecule has 0 atom stereocenters. The zero-order chi connectivity index (χ0) is 23.3. The predicted octanol–water partition coefficient (Wildman–Crippen LogP) is 5.13. The van der Waals surface area contributed by atoms with Crippen LogP contribution >= 0.6 is 11.8 Å². The average molecular weight is 455 g/mol. The number of pyridine rings is 1. The quantitative estimate of drug-likeness (QED) is 0.267. The summed E-state index contributed by atoms with van der Waals surface area (Å²) in [4.78, 5) is 16.2. The van der Waals surface area contributed by atoms with Gasteiger partial charge in [-0.1, -0.05) is 12.1 Å². The number of nitrogens with zero attached hydrogens (tertiary/aromatic N) is 4. The molecule has 0 aliphatic carbocycles. The predicted molar refractivity (Wildman–Crippen MR) is 118 cm³/mol. The van der Waals surface area contributed by atoms with Gasteiger partial charge in [-0.2, -0.15) is 10.4 Å². The molecule has 1 aromatic carbocycles. The Morgan fingerprint density at radius 3 is 2.78 bits per heavy atom. The standard InChI is InChI=1S/C23H20F2N4O2S/c1-14-8-19(22(24)25)28-23(18(14)10-26)32-13-16-9-15(5-7-21(16)31-3)4-6-20(30)17-11-27-29(2)12-17/h4-9,11-12,22H,13H2,1-3H3/b6-4+. The van der Waals surface area contributed by atoms with Gasteiger partial charge < -0.3 is 4.74 Å². The molecule has 0 bridgehead atoms. The highest BCUT2D eigenvalue weighted by molar-refractivity contribution is 7.98. The molecule has 0 aliphatic heterocycles. The molecule has 0 saturated heterocycles. The van der Waals surface area contributed by atoms with Crippen molar-refractivity contribution in [3.05, 3.63) is 76.2 Å². The number of aromatic nitrogens is 3. The van der Waals surface area contributed by atoms with Crippen LogP contribution in [0.2, 0.25) is 0 Å². The van der Waals surface area contributed by atoms with Gasteiger partial charge in [-0.25, -0.2) is 13.8 Å². The van der Waals surface area contributed by atoms with Crippen molar-refractivity contribution in [3.8, 4) is 11.8 Å². The number of halogens is 2. The molecule has 3 aromatic rings. The minimum absolute atomic E-state index is 0.174. The number of ether oxygens (including phenoxy) is 1. The third-order valence-corrected chi connectivity index (χ3v) is 5.65. The molecule has 2 heterocycles. The first-order valence-corrected chi connectivity index (χ1v) is 10.5. The molecule has 6 nitrogen and oxygen atoms in total. The number of thioether (sulfide) groups is 1. The van der Waals surface area contributed by atoms with Gasteiger partial charge in [0.1, 0.15) is 22.5 Å². The topological polar surface area (TPSA) is 80.8 Å². The van der Waals surface area contributed by atoms with Crippen molar-refractivity contribution in [1.82, 2.24) is 14.8 Å². The normalized spacial score (nSPS) is 11.2. The lowest BCUT2D eigenvalue weighted by Gasteiger charge is -2.12. The summed E-state index contributed by atoms with van der Waals surface area (Å²) >= 11 is 1.18. The lowest BCUT2D eigenvalue weighted by atomic mass is 10.1. The molecule has 0 fully saturated rings. The van der Waals surface area contributed by atoms with Crippen molar-refractivity contribution in [3.63, 3.8) is 0 Å². The van der Waals surface area contributed by atoms with E-state index in [4.69, 9.17) is 4.74 Å². The number of aryl methyl sites for hydroxylation is 2. The van der Waals surface area contributed by atoms with Gasteiger partial charge in [0, 0.05) is 24.6 Å². The second-order valence-corrected chi connectivity index (χ2v) is 7.88. The molecule has 0 unspecified atom stereocenters. The molecule has 9 heteroatoms. The van der Waals surface area contributed by atoms with E-state index >= 15 is 0 Å². The maximum atomic E-state index is 13.2. The molecule has 0 N–H and O–H groups in total. The van der Waals surface area contributed by atoms with Crippen LogP contribution in [0.15, 0.2) is 47.8 Å². The van der Waals surface area contributed by atoms with E-state index in [2.05, 4.69) is 10.1 Å². The zero-order valence-electron chi connectivity index (χ0n) is 17.7. The number of rotatable bonds is 8. The molecule has 3 rings (SSSR count). The van der Waals surface area contributed by atoms with E-state index in [0.717, 1.165) is 11.1 Å². The van der Waals surface area contributed by atoms with Crippen molar-refractivity contribution in [2.45, 2.75) is 24.1 Å². The van der Waals surface area contributed by atoms with Crippen LogP contribution < -0.4 is 4.74 Å². The van der Waals surface area contributed by atoms with Gasteiger partial charge in [-0.15, -0.1) is 11.8 Å². The molecule has 0 spiro atoms. The third kappa shape index (κ3) is 5.39. The lowest BCUT2D eigenvalue weighted by molar-refractivity contribution is 0.104. The molecule has 164 valence electrons. The average Bonchev–Trinajstić information content (AvgIpc) is 3.22. The van der Waals surface area contributed by atoms with Crippen LogP contribution in [0.5, 0.6) is 5.75 Å². The fraction of sp³-hybridized carbons (Fsp3) is 0.217. The minimum Gasteiger partial charge on any atom is -0.496 e. The number of alkyl halides is 2. The van der Waals surface area contributed by atoms with Gasteiger partial charge in [-0.05, 0) is 42.3 Å². The summed E-state index contributed by atoms with van der Waals surface area (Å²) in [5.74, 6) is 0.773. The van der Waals surface area contributed by atoms with E-state index in [0.29, 0.717) is 22.6 Å². The number of methoxy groups -OCH3 is 1. The largest absolute Gasteiger partial charge is 0.496 e.